The Labute approximate surface area is 152 Å². The van der Waals surface area contributed by atoms with Crippen LogP contribution in [0.3, 0.4) is 0 Å². The van der Waals surface area contributed by atoms with Crippen LogP contribution in [0, 0.1) is 5.92 Å². The van der Waals surface area contributed by atoms with E-state index >= 15 is 0 Å². The quantitative estimate of drug-likeness (QED) is 0.767. The number of aliphatic hydroxyl groups excluding tert-OH is 1. The lowest BCUT2D eigenvalue weighted by atomic mass is 9.80. The van der Waals surface area contributed by atoms with E-state index in [0.29, 0.717) is 12.0 Å². The number of hydrogen-bond acceptors (Lipinski definition) is 2. The molecule has 1 fully saturated rings. The largest absolute Gasteiger partial charge is 0.393 e. The minimum absolute atomic E-state index is 0.141. The van der Waals surface area contributed by atoms with Gasteiger partial charge in [0.25, 0.3) is 0 Å². The molecule has 3 rings (SSSR count). The van der Waals surface area contributed by atoms with Crippen molar-refractivity contribution >= 4 is 0 Å². The van der Waals surface area contributed by atoms with Crippen molar-refractivity contribution in [1.82, 2.24) is 4.90 Å². The topological polar surface area (TPSA) is 23.5 Å². The van der Waals surface area contributed by atoms with Crippen molar-refractivity contribution in [2.75, 3.05) is 0 Å². The molecule has 1 saturated carbocycles. The van der Waals surface area contributed by atoms with Gasteiger partial charge in [-0.25, -0.2) is 0 Å². The molecule has 0 bridgehead atoms. The van der Waals surface area contributed by atoms with E-state index in [-0.39, 0.29) is 6.10 Å². The van der Waals surface area contributed by atoms with Gasteiger partial charge in [-0.2, -0.15) is 0 Å². The van der Waals surface area contributed by atoms with Gasteiger partial charge in [0.2, 0.25) is 0 Å². The van der Waals surface area contributed by atoms with Crippen LogP contribution >= 0.6 is 0 Å². The molecule has 0 amide bonds. The average Bonchev–Trinajstić information content (AvgIpc) is 2.68. The zero-order chi connectivity index (χ0) is 17.5. The van der Waals surface area contributed by atoms with Crippen molar-refractivity contribution in [3.63, 3.8) is 0 Å². The molecule has 2 heteroatoms. The van der Waals surface area contributed by atoms with Crippen LogP contribution in [0.5, 0.6) is 0 Å². The summed E-state index contributed by atoms with van der Waals surface area (Å²) in [7, 11) is 0. The van der Waals surface area contributed by atoms with Crippen LogP contribution in [0.25, 0.3) is 0 Å². The Balaban J connectivity index is 1.75. The van der Waals surface area contributed by atoms with E-state index in [9.17, 15) is 5.11 Å². The molecule has 134 valence electrons. The number of hydrogen-bond donors (Lipinski definition) is 1. The normalized spacial score (nSPS) is 22.0. The van der Waals surface area contributed by atoms with Crippen LogP contribution in [0.2, 0.25) is 0 Å². The Kier molecular flexibility index (Phi) is 6.66. The van der Waals surface area contributed by atoms with E-state index in [2.05, 4.69) is 72.5 Å². The fraction of sp³-hybridized carbons (Fsp3) is 0.478. The third kappa shape index (κ3) is 5.17. The molecule has 0 aliphatic heterocycles. The van der Waals surface area contributed by atoms with E-state index in [1.54, 1.807) is 0 Å². The highest BCUT2D eigenvalue weighted by Crippen LogP contribution is 2.32. The zero-order valence-electron chi connectivity index (χ0n) is 15.3. The first kappa shape index (κ1) is 18.2. The predicted molar refractivity (Wildman–Crippen MR) is 104 cm³/mol. The van der Waals surface area contributed by atoms with Crippen molar-refractivity contribution < 1.29 is 5.11 Å². The first-order chi connectivity index (χ1) is 12.3. The highest BCUT2D eigenvalue weighted by atomic mass is 16.3. The fourth-order valence-corrected chi connectivity index (χ4v) is 4.17. The molecule has 1 aliphatic rings. The molecule has 0 aromatic heterocycles. The van der Waals surface area contributed by atoms with Crippen LogP contribution < -0.4 is 0 Å². The molecule has 0 saturated heterocycles. The van der Waals surface area contributed by atoms with E-state index in [0.717, 1.165) is 25.9 Å². The number of benzene rings is 2. The number of nitrogens with zero attached hydrogens (tertiary/aromatic N) is 1. The van der Waals surface area contributed by atoms with Crippen LogP contribution in [-0.4, -0.2) is 22.2 Å². The van der Waals surface area contributed by atoms with Gasteiger partial charge in [-0.05, 0) is 42.7 Å². The Bertz CT molecular complexity index is 571. The summed E-state index contributed by atoms with van der Waals surface area (Å²) in [6.45, 7) is 4.06. The van der Waals surface area contributed by atoms with Crippen molar-refractivity contribution in [1.29, 1.82) is 0 Å². The lowest BCUT2D eigenvalue weighted by Gasteiger charge is -2.39. The fourth-order valence-electron chi connectivity index (χ4n) is 4.17. The first-order valence-corrected chi connectivity index (χ1v) is 9.76. The molecule has 25 heavy (non-hydrogen) atoms. The number of aliphatic hydroxyl groups is 1. The SMILES string of the molecule is CCC(O)[C@@H]1CCC[C@H](N(Cc2ccccc2)Cc2ccccc2)C1. The third-order valence-electron chi connectivity index (χ3n) is 5.62. The van der Waals surface area contributed by atoms with Crippen molar-refractivity contribution in [3.05, 3.63) is 71.8 Å². The zero-order valence-corrected chi connectivity index (χ0v) is 15.3. The average molecular weight is 338 g/mol. The maximum Gasteiger partial charge on any atom is 0.0566 e. The highest BCUT2D eigenvalue weighted by molar-refractivity contribution is 5.17. The summed E-state index contributed by atoms with van der Waals surface area (Å²) in [6, 6.07) is 22.1. The lowest BCUT2D eigenvalue weighted by Crippen LogP contribution is -2.40. The maximum absolute atomic E-state index is 10.3. The second-order valence-corrected chi connectivity index (χ2v) is 7.43. The van der Waals surface area contributed by atoms with Gasteiger partial charge in [0.15, 0.2) is 0 Å². The van der Waals surface area contributed by atoms with Gasteiger partial charge >= 0.3 is 0 Å². The Morgan fingerprint density at radius 3 is 2.00 bits per heavy atom. The Morgan fingerprint density at radius 1 is 0.920 bits per heavy atom. The molecule has 0 spiro atoms. The summed E-state index contributed by atoms with van der Waals surface area (Å²) in [4.78, 5) is 2.62. The van der Waals surface area contributed by atoms with E-state index in [4.69, 9.17) is 0 Å². The summed E-state index contributed by atoms with van der Waals surface area (Å²) < 4.78 is 0. The molecule has 2 aromatic carbocycles. The Morgan fingerprint density at radius 2 is 1.48 bits per heavy atom. The van der Waals surface area contributed by atoms with Crippen LogP contribution in [0.15, 0.2) is 60.7 Å². The first-order valence-electron chi connectivity index (χ1n) is 9.76. The summed E-state index contributed by atoms with van der Waals surface area (Å²) in [5.74, 6) is 0.456. The molecular formula is C23H31NO. The molecule has 2 aromatic rings. The molecule has 2 nitrogen and oxygen atoms in total. The van der Waals surface area contributed by atoms with Crippen LogP contribution in [0.4, 0.5) is 0 Å². The second-order valence-electron chi connectivity index (χ2n) is 7.43. The van der Waals surface area contributed by atoms with Gasteiger partial charge in [-0.15, -0.1) is 0 Å². The van der Waals surface area contributed by atoms with Crippen LogP contribution in [-0.2, 0) is 13.1 Å². The summed E-state index contributed by atoms with van der Waals surface area (Å²) >= 11 is 0. The summed E-state index contributed by atoms with van der Waals surface area (Å²) in [5.41, 5.74) is 2.74. The van der Waals surface area contributed by atoms with Gasteiger partial charge < -0.3 is 5.11 Å². The van der Waals surface area contributed by atoms with Crippen molar-refractivity contribution in [2.45, 2.75) is 64.3 Å². The van der Waals surface area contributed by atoms with E-state index < -0.39 is 0 Å². The number of rotatable bonds is 7. The Hall–Kier alpha value is -1.64. The summed E-state index contributed by atoms with van der Waals surface area (Å²) in [6.07, 6.45) is 5.50. The lowest BCUT2D eigenvalue weighted by molar-refractivity contribution is 0.0392. The molecule has 3 atom stereocenters. The molecule has 1 unspecified atom stereocenters. The van der Waals surface area contributed by atoms with Gasteiger partial charge in [-0.1, -0.05) is 74.0 Å². The third-order valence-corrected chi connectivity index (χ3v) is 5.62. The molecule has 0 radical (unpaired) electrons. The van der Waals surface area contributed by atoms with Gasteiger partial charge in [-0.3, -0.25) is 4.90 Å². The summed E-state index contributed by atoms with van der Waals surface area (Å²) in [5, 5.41) is 10.3. The van der Waals surface area contributed by atoms with Gasteiger partial charge in [0.1, 0.15) is 0 Å². The minimum Gasteiger partial charge on any atom is -0.393 e. The smallest absolute Gasteiger partial charge is 0.0566 e. The highest BCUT2D eigenvalue weighted by Gasteiger charge is 2.30. The second kappa shape index (κ2) is 9.17. The standard InChI is InChI=1S/C23H31NO/c1-2-23(25)21-14-9-15-22(16-21)24(17-19-10-5-3-6-11-19)18-20-12-7-4-8-13-20/h3-8,10-13,21-23,25H,2,9,14-18H2,1H3/t21-,22+,23?/m1/s1. The van der Waals surface area contributed by atoms with Gasteiger partial charge in [0, 0.05) is 19.1 Å². The molecule has 1 aliphatic carbocycles. The van der Waals surface area contributed by atoms with Gasteiger partial charge in [0.05, 0.1) is 6.10 Å². The van der Waals surface area contributed by atoms with Crippen molar-refractivity contribution in [2.24, 2.45) is 5.92 Å². The molecule has 1 N–H and O–H groups in total. The van der Waals surface area contributed by atoms with E-state index in [1.807, 2.05) is 0 Å². The van der Waals surface area contributed by atoms with Crippen molar-refractivity contribution in [3.8, 4) is 0 Å². The minimum atomic E-state index is -0.141. The molecular weight excluding hydrogens is 306 g/mol. The molecule has 0 heterocycles. The predicted octanol–water partition coefficient (Wildman–Crippen LogP) is 5.02. The van der Waals surface area contributed by atoms with Crippen LogP contribution in [0.1, 0.15) is 50.2 Å². The maximum atomic E-state index is 10.3. The monoisotopic (exact) mass is 337 g/mol. The van der Waals surface area contributed by atoms with E-state index in [1.165, 1.54) is 30.4 Å².